The fourth-order valence-electron chi connectivity index (χ4n) is 2.70. The summed E-state index contributed by atoms with van der Waals surface area (Å²) < 4.78 is 16.9. The van der Waals surface area contributed by atoms with E-state index in [-0.39, 0.29) is 0 Å². The van der Waals surface area contributed by atoms with Gasteiger partial charge in [-0.1, -0.05) is 20.8 Å². The summed E-state index contributed by atoms with van der Waals surface area (Å²) in [6, 6.07) is 3.98. The lowest BCUT2D eigenvalue weighted by Crippen LogP contribution is -2.14. The van der Waals surface area contributed by atoms with E-state index in [9.17, 15) is 0 Å². The highest BCUT2D eigenvalue weighted by Gasteiger charge is 2.22. The van der Waals surface area contributed by atoms with E-state index in [0.29, 0.717) is 12.7 Å². The van der Waals surface area contributed by atoms with Crippen LogP contribution in [0.3, 0.4) is 0 Å². The lowest BCUT2D eigenvalue weighted by atomic mass is 9.99. The van der Waals surface area contributed by atoms with E-state index in [1.54, 1.807) is 0 Å². The third kappa shape index (κ3) is 2.24. The van der Waals surface area contributed by atoms with E-state index in [0.717, 1.165) is 47.7 Å². The Morgan fingerprint density at radius 3 is 2.65 bits per heavy atom. The topological polar surface area (TPSA) is 43.6 Å². The fraction of sp³-hybridized carbons (Fsp3) is 0.500. The van der Waals surface area contributed by atoms with Crippen molar-refractivity contribution < 1.29 is 13.9 Å². The highest BCUT2D eigenvalue weighted by Crippen LogP contribution is 2.41. The monoisotopic (exact) mass is 275 g/mol. The van der Waals surface area contributed by atoms with Gasteiger partial charge in [0.25, 0.3) is 0 Å². The van der Waals surface area contributed by atoms with Crippen molar-refractivity contribution in [3.63, 3.8) is 0 Å². The predicted molar refractivity (Wildman–Crippen MR) is 78.4 cm³/mol. The Labute approximate surface area is 119 Å². The first kappa shape index (κ1) is 13.3. The first-order chi connectivity index (χ1) is 9.70. The van der Waals surface area contributed by atoms with Crippen molar-refractivity contribution in [3.05, 3.63) is 23.5 Å². The normalized spacial score (nSPS) is 13.6. The second-order valence-electron chi connectivity index (χ2n) is 5.47. The maximum absolute atomic E-state index is 6.03. The fourth-order valence-corrected chi connectivity index (χ4v) is 2.70. The molecule has 3 rings (SSSR count). The molecule has 0 aliphatic carbocycles. The molecule has 2 aromatic rings. The van der Waals surface area contributed by atoms with Crippen molar-refractivity contribution >= 4 is 11.0 Å². The Balaban J connectivity index is 2.04. The van der Waals surface area contributed by atoms with Crippen molar-refractivity contribution in [1.29, 1.82) is 0 Å². The smallest absolute Gasteiger partial charge is 0.231 e. The number of fused-ring (bicyclic) bond motifs is 2. The predicted octanol–water partition coefficient (Wildman–Crippen LogP) is 3.78. The molecule has 20 heavy (non-hydrogen) atoms. The van der Waals surface area contributed by atoms with Gasteiger partial charge in [0.05, 0.1) is 6.54 Å². The molecule has 0 atom stereocenters. The van der Waals surface area contributed by atoms with Gasteiger partial charge in [-0.25, -0.2) is 0 Å². The van der Waals surface area contributed by atoms with E-state index in [2.05, 4.69) is 26.1 Å². The summed E-state index contributed by atoms with van der Waals surface area (Å²) >= 11 is 0. The van der Waals surface area contributed by atoms with E-state index in [4.69, 9.17) is 13.9 Å². The molecule has 108 valence electrons. The van der Waals surface area contributed by atoms with Gasteiger partial charge < -0.3 is 19.2 Å². The minimum atomic E-state index is 0.296. The Morgan fingerprint density at radius 1 is 1.20 bits per heavy atom. The highest BCUT2D eigenvalue weighted by molar-refractivity contribution is 5.86. The average Bonchev–Trinajstić information content (AvgIpc) is 2.98. The molecule has 1 aliphatic heterocycles. The molecule has 0 saturated heterocycles. The lowest BCUT2D eigenvalue weighted by Gasteiger charge is -2.07. The Bertz CT molecular complexity index is 616. The number of furan rings is 1. The van der Waals surface area contributed by atoms with E-state index in [1.807, 2.05) is 12.1 Å². The van der Waals surface area contributed by atoms with Gasteiger partial charge in [0, 0.05) is 17.0 Å². The molecule has 4 heteroatoms. The summed E-state index contributed by atoms with van der Waals surface area (Å²) in [4.78, 5) is 0. The zero-order valence-corrected chi connectivity index (χ0v) is 12.3. The number of hydrogen-bond donors (Lipinski definition) is 1. The van der Waals surface area contributed by atoms with Crippen LogP contribution in [0, 0.1) is 0 Å². The Kier molecular flexibility index (Phi) is 3.57. The van der Waals surface area contributed by atoms with Gasteiger partial charge in [-0.3, -0.25) is 0 Å². The second-order valence-corrected chi connectivity index (χ2v) is 5.47. The maximum atomic E-state index is 6.03. The van der Waals surface area contributed by atoms with E-state index < -0.39 is 0 Å². The molecule has 1 aromatic heterocycles. The third-order valence-electron chi connectivity index (χ3n) is 3.59. The number of hydrogen-bond acceptors (Lipinski definition) is 4. The molecule has 0 amide bonds. The van der Waals surface area contributed by atoms with Gasteiger partial charge in [-0.15, -0.1) is 0 Å². The summed E-state index contributed by atoms with van der Waals surface area (Å²) in [6.07, 6.45) is 1.12. The van der Waals surface area contributed by atoms with Crippen LogP contribution >= 0.6 is 0 Å². The molecule has 0 fully saturated rings. The number of ether oxygens (including phenoxy) is 2. The molecule has 0 unspecified atom stereocenters. The van der Waals surface area contributed by atoms with Gasteiger partial charge in [0.15, 0.2) is 11.5 Å². The lowest BCUT2D eigenvalue weighted by molar-refractivity contribution is 0.174. The molecule has 0 bridgehead atoms. The number of nitrogens with one attached hydrogen (secondary N) is 1. The number of benzene rings is 1. The minimum Gasteiger partial charge on any atom is -0.459 e. The highest BCUT2D eigenvalue weighted by atomic mass is 16.7. The van der Waals surface area contributed by atoms with Crippen molar-refractivity contribution in [2.24, 2.45) is 0 Å². The molecule has 1 aromatic carbocycles. The van der Waals surface area contributed by atoms with Gasteiger partial charge >= 0.3 is 0 Å². The third-order valence-corrected chi connectivity index (χ3v) is 3.59. The maximum Gasteiger partial charge on any atom is 0.231 e. The zero-order chi connectivity index (χ0) is 14.1. The molecule has 4 nitrogen and oxygen atoms in total. The standard InChI is InChI=1S/C16H21NO3/c1-4-5-17-8-15-16(10(2)3)11-6-13-14(19-9-18-13)7-12(11)20-15/h6-7,10,17H,4-5,8-9H2,1-3H3. The summed E-state index contributed by atoms with van der Waals surface area (Å²) in [7, 11) is 0. The van der Waals surface area contributed by atoms with E-state index >= 15 is 0 Å². The average molecular weight is 275 g/mol. The zero-order valence-electron chi connectivity index (χ0n) is 12.3. The van der Waals surface area contributed by atoms with Crippen molar-refractivity contribution in [1.82, 2.24) is 5.32 Å². The van der Waals surface area contributed by atoms with Gasteiger partial charge in [0.1, 0.15) is 11.3 Å². The van der Waals surface area contributed by atoms with Crippen molar-refractivity contribution in [2.75, 3.05) is 13.3 Å². The van der Waals surface area contributed by atoms with Crippen LogP contribution in [0.1, 0.15) is 44.4 Å². The van der Waals surface area contributed by atoms with Crippen LogP contribution in [0.5, 0.6) is 11.5 Å². The minimum absolute atomic E-state index is 0.296. The van der Waals surface area contributed by atoms with E-state index in [1.165, 1.54) is 5.56 Å². The molecule has 0 spiro atoms. The summed E-state index contributed by atoms with van der Waals surface area (Å²) in [6.45, 7) is 8.61. The van der Waals surface area contributed by atoms with Gasteiger partial charge in [-0.2, -0.15) is 0 Å². The molecular weight excluding hydrogens is 254 g/mol. The van der Waals surface area contributed by atoms with Crippen LogP contribution in [0.15, 0.2) is 16.5 Å². The number of rotatable bonds is 5. The van der Waals surface area contributed by atoms with Crippen LogP contribution in [0.25, 0.3) is 11.0 Å². The first-order valence-electron chi connectivity index (χ1n) is 7.26. The van der Waals surface area contributed by atoms with Crippen molar-refractivity contribution in [2.45, 2.75) is 39.7 Å². The largest absolute Gasteiger partial charge is 0.459 e. The first-order valence-corrected chi connectivity index (χ1v) is 7.26. The van der Waals surface area contributed by atoms with Crippen molar-refractivity contribution in [3.8, 4) is 11.5 Å². The Hall–Kier alpha value is -1.68. The molecule has 2 heterocycles. The molecule has 0 saturated carbocycles. The van der Waals surface area contributed by atoms with Crippen LogP contribution in [-0.4, -0.2) is 13.3 Å². The molecule has 1 aliphatic rings. The molecular formula is C16H21NO3. The second kappa shape index (κ2) is 5.37. The quantitative estimate of drug-likeness (QED) is 0.843. The summed E-state index contributed by atoms with van der Waals surface area (Å²) in [5, 5.41) is 4.55. The van der Waals surface area contributed by atoms with Crippen LogP contribution < -0.4 is 14.8 Å². The van der Waals surface area contributed by atoms with Crippen LogP contribution in [-0.2, 0) is 6.54 Å². The van der Waals surface area contributed by atoms with Crippen LogP contribution in [0.4, 0.5) is 0 Å². The molecule has 0 radical (unpaired) electrons. The molecule has 1 N–H and O–H groups in total. The van der Waals surface area contributed by atoms with Crippen LogP contribution in [0.2, 0.25) is 0 Å². The summed E-state index contributed by atoms with van der Waals surface area (Å²) in [5.74, 6) is 3.02. The summed E-state index contributed by atoms with van der Waals surface area (Å²) in [5.41, 5.74) is 2.15. The van der Waals surface area contributed by atoms with Gasteiger partial charge in [0.2, 0.25) is 6.79 Å². The Morgan fingerprint density at radius 2 is 1.95 bits per heavy atom. The van der Waals surface area contributed by atoms with Gasteiger partial charge in [-0.05, 0) is 24.9 Å². The SMILES string of the molecule is CCCNCc1oc2cc3c(cc2c1C(C)C)OCO3.